The summed E-state index contributed by atoms with van der Waals surface area (Å²) in [5.41, 5.74) is 6.23. The third-order valence-electron chi connectivity index (χ3n) is 6.03. The van der Waals surface area contributed by atoms with Crippen molar-refractivity contribution in [2.75, 3.05) is 12.4 Å². The SMILES string of the molecule is COc1ccc(C2=CC3c4cc(Cl)ccc4OC4(C(=O)Nc5ccc(Br)cc54)N3N2)cc1. The molecule has 0 aliphatic carbocycles. The number of anilines is 1. The molecule has 0 bridgehead atoms. The quantitative estimate of drug-likeness (QED) is 0.496. The molecule has 3 aliphatic heterocycles. The van der Waals surface area contributed by atoms with Gasteiger partial charge < -0.3 is 20.2 Å². The van der Waals surface area contributed by atoms with E-state index in [1.54, 1.807) is 13.2 Å². The number of hydrogen-bond acceptors (Lipinski definition) is 5. The van der Waals surface area contributed by atoms with Gasteiger partial charge in [0.15, 0.2) is 0 Å². The highest BCUT2D eigenvalue weighted by Crippen LogP contribution is 2.53. The Kier molecular flexibility index (Phi) is 4.30. The molecule has 6 nitrogen and oxygen atoms in total. The second kappa shape index (κ2) is 7.00. The molecule has 2 N–H and O–H groups in total. The Hall–Kier alpha value is -3.00. The number of methoxy groups -OCH3 is 1. The van der Waals surface area contributed by atoms with Crippen molar-refractivity contribution < 1.29 is 14.3 Å². The van der Waals surface area contributed by atoms with Crippen LogP contribution in [-0.4, -0.2) is 18.0 Å². The molecule has 0 saturated heterocycles. The van der Waals surface area contributed by atoms with Crippen LogP contribution in [0.1, 0.15) is 22.7 Å². The molecule has 160 valence electrons. The van der Waals surface area contributed by atoms with Crippen molar-refractivity contribution in [3.8, 4) is 11.5 Å². The van der Waals surface area contributed by atoms with E-state index >= 15 is 0 Å². The molecule has 1 spiro atoms. The summed E-state index contributed by atoms with van der Waals surface area (Å²) in [6, 6.07) is 18.6. The van der Waals surface area contributed by atoms with Crippen LogP contribution in [0.4, 0.5) is 5.69 Å². The minimum atomic E-state index is -1.38. The molecule has 0 aromatic heterocycles. The highest BCUT2D eigenvalue weighted by atomic mass is 79.9. The van der Waals surface area contributed by atoms with Crippen LogP contribution < -0.4 is 20.2 Å². The van der Waals surface area contributed by atoms with E-state index in [4.69, 9.17) is 21.1 Å². The number of ether oxygens (including phenoxy) is 2. The molecular formula is C24H17BrClN3O3. The monoisotopic (exact) mass is 509 g/mol. The zero-order chi connectivity index (χ0) is 22.0. The molecule has 3 aromatic carbocycles. The van der Waals surface area contributed by atoms with Gasteiger partial charge >= 0.3 is 0 Å². The van der Waals surface area contributed by atoms with Gasteiger partial charge in [0.2, 0.25) is 0 Å². The van der Waals surface area contributed by atoms with E-state index in [1.165, 1.54) is 0 Å². The van der Waals surface area contributed by atoms with Crippen LogP contribution in [0.2, 0.25) is 5.02 Å². The number of hydrogen-bond donors (Lipinski definition) is 2. The first kappa shape index (κ1) is 19.7. The lowest BCUT2D eigenvalue weighted by atomic mass is 9.95. The predicted octanol–water partition coefficient (Wildman–Crippen LogP) is 5.21. The fourth-order valence-corrected chi connectivity index (χ4v) is 5.07. The maximum atomic E-state index is 13.5. The molecule has 6 rings (SSSR count). The fourth-order valence-electron chi connectivity index (χ4n) is 4.53. The Morgan fingerprint density at radius 2 is 1.94 bits per heavy atom. The number of fused-ring (bicyclic) bond motifs is 6. The van der Waals surface area contributed by atoms with E-state index in [0.29, 0.717) is 16.5 Å². The molecule has 2 atom stereocenters. The van der Waals surface area contributed by atoms with Crippen LogP contribution in [0.25, 0.3) is 5.70 Å². The molecule has 0 fully saturated rings. The van der Waals surface area contributed by atoms with Gasteiger partial charge in [-0.3, -0.25) is 4.79 Å². The Labute approximate surface area is 197 Å². The molecule has 3 heterocycles. The van der Waals surface area contributed by atoms with Crippen LogP contribution in [0.3, 0.4) is 0 Å². The summed E-state index contributed by atoms with van der Waals surface area (Å²) in [7, 11) is 1.64. The Morgan fingerprint density at radius 1 is 1.12 bits per heavy atom. The van der Waals surface area contributed by atoms with Gasteiger partial charge in [0.1, 0.15) is 11.5 Å². The first-order chi connectivity index (χ1) is 15.5. The predicted molar refractivity (Wildman–Crippen MR) is 125 cm³/mol. The first-order valence-corrected chi connectivity index (χ1v) is 11.2. The molecule has 32 heavy (non-hydrogen) atoms. The van der Waals surface area contributed by atoms with E-state index in [0.717, 1.165) is 32.6 Å². The number of carbonyl (C=O) groups excluding carboxylic acids is 1. The molecule has 0 saturated carbocycles. The third kappa shape index (κ3) is 2.71. The van der Waals surface area contributed by atoms with Crippen molar-refractivity contribution in [1.29, 1.82) is 0 Å². The lowest BCUT2D eigenvalue weighted by molar-refractivity contribution is -0.165. The average molecular weight is 511 g/mol. The normalized spacial score (nSPS) is 22.9. The average Bonchev–Trinajstić information content (AvgIpc) is 3.36. The number of rotatable bonds is 2. The summed E-state index contributed by atoms with van der Waals surface area (Å²) in [6.45, 7) is 0. The lowest BCUT2D eigenvalue weighted by Gasteiger charge is -2.44. The Bertz CT molecular complexity index is 1310. The van der Waals surface area contributed by atoms with Crippen LogP contribution in [0.5, 0.6) is 11.5 Å². The van der Waals surface area contributed by atoms with Gasteiger partial charge in [0.05, 0.1) is 24.5 Å². The van der Waals surface area contributed by atoms with Crippen molar-refractivity contribution >= 4 is 44.8 Å². The summed E-state index contributed by atoms with van der Waals surface area (Å²) >= 11 is 9.86. The summed E-state index contributed by atoms with van der Waals surface area (Å²) in [5, 5.41) is 5.44. The number of halogens is 2. The molecule has 0 radical (unpaired) electrons. The van der Waals surface area contributed by atoms with Gasteiger partial charge in [0, 0.05) is 20.6 Å². The third-order valence-corrected chi connectivity index (χ3v) is 6.76. The smallest absolute Gasteiger partial charge is 0.291 e. The molecule has 1 amide bonds. The van der Waals surface area contributed by atoms with Crippen molar-refractivity contribution in [3.05, 3.63) is 92.9 Å². The number of nitrogens with one attached hydrogen (secondary N) is 2. The fraction of sp³-hybridized carbons (Fsp3) is 0.125. The zero-order valence-electron chi connectivity index (χ0n) is 16.9. The standard InChI is InChI=1S/C24H17BrClN3O3/c1-31-16-6-2-13(3-7-16)20-12-21-17-11-15(26)5-9-22(17)32-24(29(21)28-20)18-10-14(25)4-8-19(18)27-23(24)30/h2-12,21,28H,1H3,(H,27,30). The topological polar surface area (TPSA) is 62.8 Å². The van der Waals surface area contributed by atoms with Crippen molar-refractivity contribution in [3.63, 3.8) is 0 Å². The Balaban J connectivity index is 1.53. The van der Waals surface area contributed by atoms with Crippen molar-refractivity contribution in [1.82, 2.24) is 10.4 Å². The first-order valence-electron chi connectivity index (χ1n) is 10.0. The minimum Gasteiger partial charge on any atom is -0.497 e. The van der Waals surface area contributed by atoms with E-state index in [9.17, 15) is 4.79 Å². The van der Waals surface area contributed by atoms with Gasteiger partial charge in [-0.15, -0.1) is 0 Å². The Morgan fingerprint density at radius 3 is 2.72 bits per heavy atom. The van der Waals surface area contributed by atoms with E-state index in [2.05, 4.69) is 32.7 Å². The maximum Gasteiger partial charge on any atom is 0.291 e. The zero-order valence-corrected chi connectivity index (χ0v) is 19.2. The summed E-state index contributed by atoms with van der Waals surface area (Å²) in [5.74, 6) is 1.14. The van der Waals surface area contributed by atoms with Gasteiger partial charge in [-0.2, -0.15) is 5.01 Å². The number of nitrogens with zero attached hydrogens (tertiary/aromatic N) is 1. The van der Waals surface area contributed by atoms with Crippen LogP contribution in [0.15, 0.2) is 71.2 Å². The van der Waals surface area contributed by atoms with E-state index in [1.807, 2.05) is 59.6 Å². The summed E-state index contributed by atoms with van der Waals surface area (Å²) in [4.78, 5) is 13.5. The molecule has 2 unspecified atom stereocenters. The lowest BCUT2D eigenvalue weighted by Crippen LogP contribution is -2.60. The van der Waals surface area contributed by atoms with E-state index in [-0.39, 0.29) is 11.9 Å². The van der Waals surface area contributed by atoms with Gasteiger partial charge in [-0.05, 0) is 72.3 Å². The number of benzene rings is 3. The molecule has 3 aromatic rings. The summed E-state index contributed by atoms with van der Waals surface area (Å²) < 4.78 is 12.6. The van der Waals surface area contributed by atoms with Crippen molar-refractivity contribution in [2.45, 2.75) is 11.8 Å². The maximum absolute atomic E-state index is 13.5. The largest absolute Gasteiger partial charge is 0.497 e. The number of hydrazine groups is 1. The molecular weight excluding hydrogens is 494 g/mol. The second-order valence-corrected chi connectivity index (χ2v) is 9.16. The molecule has 3 aliphatic rings. The van der Waals surface area contributed by atoms with Crippen LogP contribution >= 0.6 is 27.5 Å². The number of carbonyl (C=O) groups is 1. The van der Waals surface area contributed by atoms with Crippen LogP contribution in [0, 0.1) is 0 Å². The summed E-state index contributed by atoms with van der Waals surface area (Å²) in [6.07, 6.45) is 2.09. The molecule has 8 heteroatoms. The van der Waals surface area contributed by atoms with Gasteiger partial charge in [-0.1, -0.05) is 27.5 Å². The highest BCUT2D eigenvalue weighted by Gasteiger charge is 2.60. The minimum absolute atomic E-state index is 0.256. The second-order valence-electron chi connectivity index (χ2n) is 7.81. The van der Waals surface area contributed by atoms with Gasteiger partial charge in [0.25, 0.3) is 11.6 Å². The highest BCUT2D eigenvalue weighted by molar-refractivity contribution is 9.10. The number of amides is 1. The van der Waals surface area contributed by atoms with Crippen molar-refractivity contribution in [2.24, 2.45) is 0 Å². The van der Waals surface area contributed by atoms with Crippen LogP contribution in [-0.2, 0) is 10.5 Å². The van der Waals surface area contributed by atoms with E-state index < -0.39 is 5.72 Å². The van der Waals surface area contributed by atoms with Gasteiger partial charge in [-0.25, -0.2) is 0 Å².